The first-order valence-electron chi connectivity index (χ1n) is 10.2. The Balaban J connectivity index is -0.00000450. The molecule has 16 N–H and O–H groups in total. The van der Waals surface area contributed by atoms with E-state index in [-0.39, 0.29) is 42.6 Å². The molecule has 0 aromatic rings. The van der Waals surface area contributed by atoms with Gasteiger partial charge in [0, 0.05) is 19.6 Å². The summed E-state index contributed by atoms with van der Waals surface area (Å²) < 4.78 is 0. The van der Waals surface area contributed by atoms with Gasteiger partial charge in [0.25, 0.3) is 11.9 Å². The lowest BCUT2D eigenvalue weighted by molar-refractivity contribution is -0.460. The van der Waals surface area contributed by atoms with E-state index >= 15 is 0 Å². The minimum Gasteiger partial charge on any atom is -1.00 e. The van der Waals surface area contributed by atoms with Gasteiger partial charge in [-0.1, -0.05) is 12.8 Å². The van der Waals surface area contributed by atoms with Crippen molar-refractivity contribution in [1.29, 1.82) is 5.26 Å². The Bertz CT molecular complexity index is 696. The molecule has 0 saturated heterocycles. The Hall–Kier alpha value is -3.02. The van der Waals surface area contributed by atoms with Crippen molar-refractivity contribution < 1.29 is 34.8 Å². The number of nitrogens with two attached hydrogens (primary N) is 6. The van der Waals surface area contributed by atoms with E-state index in [4.69, 9.17) is 39.7 Å². The molecule has 0 spiro atoms. The fourth-order valence-corrected chi connectivity index (χ4v) is 2.18. The second kappa shape index (κ2) is 23.6. The van der Waals surface area contributed by atoms with Gasteiger partial charge in [-0.3, -0.25) is 26.4 Å². The fraction of sp³-hybridized carbons (Fsp3) is 0.647. The Morgan fingerprint density at radius 2 is 1.18 bits per heavy atom. The maximum atomic E-state index is 8.49. The second-order valence-electron chi connectivity index (χ2n) is 6.40. The molecule has 0 aromatic heterocycles. The highest BCUT2D eigenvalue weighted by atomic mass is 35.5. The minimum atomic E-state index is -0.0311. The number of guanidine groups is 4. The van der Waals surface area contributed by atoms with Crippen LogP contribution in [0.5, 0.6) is 0 Å². The smallest absolute Gasteiger partial charge is 0.348 e. The molecule has 190 valence electrons. The zero-order chi connectivity index (χ0) is 23.3. The topological polar surface area (TPSA) is 269 Å². The number of amidine groups is 1. The van der Waals surface area contributed by atoms with E-state index in [1.54, 1.807) is 6.07 Å². The zero-order valence-electron chi connectivity index (χ0n) is 18.8. The van der Waals surface area contributed by atoms with Gasteiger partial charge in [-0.15, -0.1) is 0 Å². The van der Waals surface area contributed by atoms with Gasteiger partial charge in [-0.2, -0.15) is 5.26 Å². The highest BCUT2D eigenvalue weighted by molar-refractivity contribution is 5.95. The van der Waals surface area contributed by atoms with Crippen LogP contribution in [0.4, 0.5) is 0 Å². The summed E-state index contributed by atoms with van der Waals surface area (Å²) in [6, 6.07) is 1.76. The zero-order valence-corrected chi connectivity index (χ0v) is 20.3. The molecule has 0 aliphatic heterocycles. The number of hydrogen-bond donors (Lipinski definition) is 10. The summed E-state index contributed by atoms with van der Waals surface area (Å²) in [5.41, 5.74) is 33.6. The summed E-state index contributed by atoms with van der Waals surface area (Å²) in [7, 11) is 0. The lowest BCUT2D eigenvalue weighted by Gasteiger charge is -2.01. The first-order chi connectivity index (χ1) is 14.9. The summed E-state index contributed by atoms with van der Waals surface area (Å²) in [6.07, 6.45) is 4.56. The van der Waals surface area contributed by atoms with E-state index in [1.807, 2.05) is 0 Å². The molecule has 0 aliphatic carbocycles. The van der Waals surface area contributed by atoms with Crippen molar-refractivity contribution in [3.63, 3.8) is 0 Å². The van der Waals surface area contributed by atoms with Gasteiger partial charge in [-0.05, 0) is 19.3 Å². The molecule has 16 heteroatoms. The Kier molecular flexibility index (Phi) is 24.8. The number of rotatable bonds is 13. The number of hydrogen-bond acceptors (Lipinski definition) is 5. The van der Waals surface area contributed by atoms with Crippen LogP contribution in [0.1, 0.15) is 32.1 Å². The van der Waals surface area contributed by atoms with Crippen molar-refractivity contribution in [2.24, 2.45) is 49.4 Å². The summed E-state index contributed by atoms with van der Waals surface area (Å²) in [6.45, 7) is 3.21. The lowest BCUT2D eigenvalue weighted by Crippen LogP contribution is -3.00. The molecule has 0 fully saturated rings. The Morgan fingerprint density at radius 3 is 1.73 bits per heavy atom. The summed E-state index contributed by atoms with van der Waals surface area (Å²) in [5.74, 6) is 1.13. The molecular formula is C17H38Cl2N14. The van der Waals surface area contributed by atoms with Crippen LogP contribution >= 0.6 is 0 Å². The van der Waals surface area contributed by atoms with E-state index < -0.39 is 0 Å². The average molecular weight is 509 g/mol. The van der Waals surface area contributed by atoms with E-state index in [9.17, 15) is 0 Å². The van der Waals surface area contributed by atoms with Crippen LogP contribution < -0.4 is 79.8 Å². The van der Waals surface area contributed by atoms with Gasteiger partial charge < -0.3 is 47.7 Å². The van der Waals surface area contributed by atoms with Gasteiger partial charge >= 0.3 is 11.9 Å². The van der Waals surface area contributed by atoms with Crippen molar-refractivity contribution in [2.45, 2.75) is 32.1 Å². The van der Waals surface area contributed by atoms with Crippen molar-refractivity contribution >= 4 is 29.7 Å². The third kappa shape index (κ3) is 23.5. The Labute approximate surface area is 207 Å². The van der Waals surface area contributed by atoms with Crippen LogP contribution in [0.2, 0.25) is 0 Å². The molecule has 0 unspecified atom stereocenters. The van der Waals surface area contributed by atoms with E-state index in [2.05, 4.69) is 35.6 Å². The number of aliphatic imine (C=N–C) groups is 3. The highest BCUT2D eigenvalue weighted by Crippen LogP contribution is 1.97. The molecule has 0 heterocycles. The van der Waals surface area contributed by atoms with Crippen molar-refractivity contribution in [1.82, 2.24) is 10.6 Å². The van der Waals surface area contributed by atoms with Crippen molar-refractivity contribution in [2.75, 3.05) is 39.3 Å². The third-order valence-corrected chi connectivity index (χ3v) is 3.67. The normalized spacial score (nSPS) is 12.9. The van der Waals surface area contributed by atoms with Crippen LogP contribution in [0.15, 0.2) is 15.0 Å². The maximum absolute atomic E-state index is 8.49. The largest absolute Gasteiger partial charge is 1.00 e. The van der Waals surface area contributed by atoms with Crippen LogP contribution in [0.3, 0.4) is 0 Å². The lowest BCUT2D eigenvalue weighted by atomic mass is 10.2. The van der Waals surface area contributed by atoms with Crippen molar-refractivity contribution in [3.8, 4) is 6.07 Å². The molecule has 14 nitrogen and oxygen atoms in total. The van der Waals surface area contributed by atoms with Gasteiger partial charge in [-0.25, -0.2) is 20.6 Å². The molecule has 0 bridgehead atoms. The Morgan fingerprint density at radius 1 is 0.697 bits per heavy atom. The first-order valence-corrected chi connectivity index (χ1v) is 10.2. The first kappa shape index (κ1) is 34.6. The molecule has 0 radical (unpaired) electrons. The molecule has 0 rings (SSSR count). The van der Waals surface area contributed by atoms with Crippen LogP contribution in [-0.4, -0.2) is 68.9 Å². The van der Waals surface area contributed by atoms with Crippen LogP contribution in [-0.2, 0) is 0 Å². The average Bonchev–Trinajstić information content (AvgIpc) is 2.73. The quantitative estimate of drug-likeness (QED) is 0.0640. The number of nitrogens with zero attached hydrogens (tertiary/aromatic N) is 4. The third-order valence-electron chi connectivity index (χ3n) is 3.67. The summed E-state index contributed by atoms with van der Waals surface area (Å²) >= 11 is 0. The maximum Gasteiger partial charge on any atom is 0.348 e. The van der Waals surface area contributed by atoms with E-state index in [0.717, 1.165) is 32.2 Å². The molecular weight excluding hydrogens is 471 g/mol. The number of nitrogens with one attached hydrogen (secondary N) is 4. The fourth-order valence-electron chi connectivity index (χ4n) is 2.18. The number of nitriles is 1. The highest BCUT2D eigenvalue weighted by Gasteiger charge is 2.02. The summed E-state index contributed by atoms with van der Waals surface area (Å²) in [4.78, 5) is 18.0. The second-order valence-corrected chi connectivity index (χ2v) is 6.40. The molecule has 0 amide bonds. The van der Waals surface area contributed by atoms with Gasteiger partial charge in [0.1, 0.15) is 6.07 Å². The monoisotopic (exact) mass is 508 g/mol. The van der Waals surface area contributed by atoms with Gasteiger partial charge in [0.05, 0.1) is 19.6 Å². The minimum absolute atomic E-state index is 0. The molecule has 0 aliphatic rings. The van der Waals surface area contributed by atoms with Crippen LogP contribution in [0.25, 0.3) is 0 Å². The predicted octanol–water partition coefficient (Wildman–Crippen LogP) is -12.6. The van der Waals surface area contributed by atoms with E-state index in [0.29, 0.717) is 51.1 Å². The number of unbranched alkanes of at least 4 members (excludes halogenated alkanes) is 3. The van der Waals surface area contributed by atoms with Gasteiger partial charge in [0.2, 0.25) is 0 Å². The number of halogens is 2. The standard InChI is InChI=1S/C17H36N14.2ClH/c18-6-11-29-17(24)31-15(22)27-8-4-2-1-3-7-26-14(21)30-16(23)28-10-5-9-25-13(20)12-19;;/h1-11,18H2,(H2,20,25)(H5,21,23,26,28,30)(H5,22,24,27,29,31);2*1H. The SMILES string of the molecule is N#CC(N)=NCCC[NH+]=C(N)NC(N)=NCCCCCC[NH+]=C(N)NC(N)=NCCN.[Cl-].[Cl-]. The molecule has 0 atom stereocenters. The van der Waals surface area contributed by atoms with E-state index in [1.165, 1.54) is 0 Å². The van der Waals surface area contributed by atoms with Gasteiger partial charge in [0.15, 0.2) is 5.84 Å². The molecule has 33 heavy (non-hydrogen) atoms. The molecule has 0 aromatic carbocycles. The van der Waals surface area contributed by atoms with Crippen LogP contribution in [0, 0.1) is 11.3 Å². The summed E-state index contributed by atoms with van der Waals surface area (Å²) in [5, 5.41) is 14.0. The predicted molar refractivity (Wildman–Crippen MR) is 124 cm³/mol. The molecule has 0 saturated carbocycles. The van der Waals surface area contributed by atoms with Crippen molar-refractivity contribution in [3.05, 3.63) is 0 Å².